The zero-order valence-electron chi connectivity index (χ0n) is 14.7. The highest BCUT2D eigenvalue weighted by Crippen LogP contribution is 2.34. The predicted molar refractivity (Wildman–Crippen MR) is 97.0 cm³/mol. The number of rotatable bonds is 5. The van der Waals surface area contributed by atoms with Crippen LogP contribution >= 0.6 is 0 Å². The summed E-state index contributed by atoms with van der Waals surface area (Å²) in [5, 5.41) is 11.5. The molecule has 24 heavy (non-hydrogen) atoms. The molecule has 0 saturated carbocycles. The molecule has 0 atom stereocenters. The third kappa shape index (κ3) is 4.04. The van der Waals surface area contributed by atoms with Gasteiger partial charge in [-0.05, 0) is 31.7 Å². The molecule has 0 radical (unpaired) electrons. The quantitative estimate of drug-likeness (QED) is 0.777. The monoisotopic (exact) mass is 327 g/mol. The molecule has 2 aromatic rings. The number of amides is 1. The van der Waals surface area contributed by atoms with Crippen LogP contribution in [0.4, 0.5) is 10.5 Å². The van der Waals surface area contributed by atoms with Crippen LogP contribution < -0.4 is 11.1 Å². The lowest BCUT2D eigenvalue weighted by Gasteiger charge is -2.20. The lowest BCUT2D eigenvalue weighted by Crippen LogP contribution is -2.23. The number of hydrogen-bond donors (Lipinski definition) is 3. The number of aryl methyl sites for hydroxylation is 2. The predicted octanol–water partition coefficient (Wildman–Crippen LogP) is 3.91. The van der Waals surface area contributed by atoms with Crippen molar-refractivity contribution < 1.29 is 9.90 Å². The van der Waals surface area contributed by atoms with E-state index in [-0.39, 0.29) is 6.54 Å². The van der Waals surface area contributed by atoms with Crippen LogP contribution in [-0.2, 0) is 13.0 Å². The van der Waals surface area contributed by atoms with Gasteiger partial charge in [0.25, 0.3) is 0 Å². The van der Waals surface area contributed by atoms with Crippen molar-refractivity contribution in [1.82, 2.24) is 10.3 Å². The van der Waals surface area contributed by atoms with E-state index in [0.717, 1.165) is 40.1 Å². The van der Waals surface area contributed by atoms with E-state index in [0.29, 0.717) is 11.6 Å². The van der Waals surface area contributed by atoms with Crippen LogP contribution in [0.3, 0.4) is 0 Å². The molecular formula is C19H25N3O2. The molecule has 0 fully saturated rings. The van der Waals surface area contributed by atoms with Gasteiger partial charge in [0.1, 0.15) is 0 Å². The fourth-order valence-corrected chi connectivity index (χ4v) is 2.78. The number of nitrogens with two attached hydrogens (primary N) is 1. The molecule has 1 heterocycles. The fourth-order valence-electron chi connectivity index (χ4n) is 2.78. The van der Waals surface area contributed by atoms with Crippen molar-refractivity contribution in [2.45, 2.75) is 40.7 Å². The Kier molecular flexibility index (Phi) is 5.44. The summed E-state index contributed by atoms with van der Waals surface area (Å²) in [4.78, 5) is 15.6. The number of carbonyl (C=O) groups is 1. The summed E-state index contributed by atoms with van der Waals surface area (Å²) in [6.07, 6.45) is -0.282. The standard InChI is InChI=1S/C19H25N3O2/c1-11(2)9-16-15(10-21-19(23)24)17(18(20)13(4)22-16)14-7-5-12(3)6-8-14/h5-8,11,21H,9-10,20H2,1-4H3,(H,23,24). The summed E-state index contributed by atoms with van der Waals surface area (Å²) < 4.78 is 0. The third-order valence-electron chi connectivity index (χ3n) is 3.97. The molecule has 0 aliphatic rings. The molecule has 1 aromatic carbocycles. The summed E-state index contributed by atoms with van der Waals surface area (Å²) in [6, 6.07) is 8.09. The zero-order valence-corrected chi connectivity index (χ0v) is 14.7. The van der Waals surface area contributed by atoms with Gasteiger partial charge in [0.05, 0.1) is 11.4 Å². The van der Waals surface area contributed by atoms with Crippen molar-refractivity contribution in [3.05, 3.63) is 46.8 Å². The summed E-state index contributed by atoms with van der Waals surface area (Å²) >= 11 is 0. The third-order valence-corrected chi connectivity index (χ3v) is 3.97. The molecule has 0 aliphatic carbocycles. The smallest absolute Gasteiger partial charge is 0.404 e. The van der Waals surface area contributed by atoms with Gasteiger partial charge in [-0.1, -0.05) is 43.7 Å². The molecule has 0 unspecified atom stereocenters. The second-order valence-electron chi connectivity index (χ2n) is 6.53. The first-order valence-electron chi connectivity index (χ1n) is 8.11. The number of carboxylic acid groups (broad SMARTS) is 1. The molecule has 2 rings (SSSR count). The molecule has 4 N–H and O–H groups in total. The first kappa shape index (κ1) is 17.8. The van der Waals surface area contributed by atoms with Gasteiger partial charge in [-0.3, -0.25) is 4.98 Å². The van der Waals surface area contributed by atoms with Crippen molar-refractivity contribution in [2.75, 3.05) is 5.73 Å². The number of pyridine rings is 1. The van der Waals surface area contributed by atoms with Crippen molar-refractivity contribution in [3.8, 4) is 11.1 Å². The van der Waals surface area contributed by atoms with Gasteiger partial charge >= 0.3 is 6.09 Å². The maximum absolute atomic E-state index is 11.0. The van der Waals surface area contributed by atoms with Crippen LogP contribution in [0.15, 0.2) is 24.3 Å². The Morgan fingerprint density at radius 2 is 1.88 bits per heavy atom. The normalized spacial score (nSPS) is 10.9. The highest BCUT2D eigenvalue weighted by Gasteiger charge is 2.19. The summed E-state index contributed by atoms with van der Waals surface area (Å²) in [5.74, 6) is 0.412. The second-order valence-corrected chi connectivity index (χ2v) is 6.53. The van der Waals surface area contributed by atoms with Crippen molar-refractivity contribution in [3.63, 3.8) is 0 Å². The highest BCUT2D eigenvalue weighted by atomic mass is 16.4. The molecule has 128 valence electrons. The number of nitrogens with zero attached hydrogens (tertiary/aromatic N) is 1. The minimum Gasteiger partial charge on any atom is -0.465 e. The van der Waals surface area contributed by atoms with E-state index in [4.69, 9.17) is 10.8 Å². The number of nitrogens with one attached hydrogen (secondary N) is 1. The van der Waals surface area contributed by atoms with Crippen LogP contribution in [-0.4, -0.2) is 16.2 Å². The molecule has 5 nitrogen and oxygen atoms in total. The van der Waals surface area contributed by atoms with Gasteiger partial charge in [-0.2, -0.15) is 0 Å². The fraction of sp³-hybridized carbons (Fsp3) is 0.368. The molecule has 1 aromatic heterocycles. The van der Waals surface area contributed by atoms with Gasteiger partial charge in [0, 0.05) is 23.4 Å². The Bertz CT molecular complexity index is 737. The number of anilines is 1. The average Bonchev–Trinajstić information content (AvgIpc) is 2.49. The lowest BCUT2D eigenvalue weighted by atomic mass is 9.92. The Morgan fingerprint density at radius 3 is 2.42 bits per heavy atom. The second kappa shape index (κ2) is 7.34. The Balaban J connectivity index is 2.65. The van der Waals surface area contributed by atoms with Gasteiger partial charge in [0.15, 0.2) is 0 Å². The van der Waals surface area contributed by atoms with Crippen LogP contribution in [0, 0.1) is 19.8 Å². The minimum atomic E-state index is -1.06. The van der Waals surface area contributed by atoms with E-state index in [1.807, 2.05) is 38.1 Å². The van der Waals surface area contributed by atoms with Crippen molar-refractivity contribution >= 4 is 11.8 Å². The van der Waals surface area contributed by atoms with Crippen molar-refractivity contribution in [1.29, 1.82) is 0 Å². The van der Waals surface area contributed by atoms with Gasteiger partial charge in [-0.15, -0.1) is 0 Å². The minimum absolute atomic E-state index is 0.193. The van der Waals surface area contributed by atoms with Crippen LogP contribution in [0.1, 0.15) is 36.4 Å². The first-order chi connectivity index (χ1) is 11.3. The van der Waals surface area contributed by atoms with E-state index in [1.165, 1.54) is 0 Å². The molecule has 5 heteroatoms. The molecular weight excluding hydrogens is 302 g/mol. The maximum atomic E-state index is 11.0. The van der Waals surface area contributed by atoms with Gasteiger partial charge < -0.3 is 16.2 Å². The average molecular weight is 327 g/mol. The number of hydrogen-bond acceptors (Lipinski definition) is 3. The summed E-state index contributed by atoms with van der Waals surface area (Å²) in [6.45, 7) is 8.35. The van der Waals surface area contributed by atoms with E-state index >= 15 is 0 Å². The number of benzene rings is 1. The first-order valence-corrected chi connectivity index (χ1v) is 8.11. The number of aromatic nitrogens is 1. The lowest BCUT2D eigenvalue weighted by molar-refractivity contribution is 0.194. The van der Waals surface area contributed by atoms with E-state index in [1.54, 1.807) is 0 Å². The van der Waals surface area contributed by atoms with E-state index in [9.17, 15) is 4.79 Å². The SMILES string of the molecule is Cc1ccc(-c2c(N)c(C)nc(CC(C)C)c2CNC(=O)O)cc1. The van der Waals surface area contributed by atoms with Crippen LogP contribution in [0.2, 0.25) is 0 Å². The topological polar surface area (TPSA) is 88.2 Å². The van der Waals surface area contributed by atoms with Crippen LogP contribution in [0.5, 0.6) is 0 Å². The van der Waals surface area contributed by atoms with Gasteiger partial charge in [0.2, 0.25) is 0 Å². The van der Waals surface area contributed by atoms with Gasteiger partial charge in [-0.25, -0.2) is 4.79 Å². The maximum Gasteiger partial charge on any atom is 0.404 e. The Labute approximate surface area is 142 Å². The molecule has 0 spiro atoms. The summed E-state index contributed by atoms with van der Waals surface area (Å²) in [5.41, 5.74) is 12.5. The van der Waals surface area contributed by atoms with E-state index < -0.39 is 6.09 Å². The highest BCUT2D eigenvalue weighted by molar-refractivity contribution is 5.81. The zero-order chi connectivity index (χ0) is 17.9. The number of nitrogen functional groups attached to an aromatic ring is 1. The largest absolute Gasteiger partial charge is 0.465 e. The molecule has 1 amide bonds. The van der Waals surface area contributed by atoms with E-state index in [2.05, 4.69) is 24.1 Å². The summed E-state index contributed by atoms with van der Waals surface area (Å²) in [7, 11) is 0. The Hall–Kier alpha value is -2.56. The van der Waals surface area contributed by atoms with Crippen molar-refractivity contribution in [2.24, 2.45) is 5.92 Å². The van der Waals surface area contributed by atoms with Crippen LogP contribution in [0.25, 0.3) is 11.1 Å². The molecule has 0 aliphatic heterocycles. The molecule has 0 saturated heterocycles. The molecule has 0 bridgehead atoms. The Morgan fingerprint density at radius 1 is 1.25 bits per heavy atom.